The molecule has 20 heavy (non-hydrogen) atoms. The molecule has 112 valence electrons. The summed E-state index contributed by atoms with van der Waals surface area (Å²) in [6, 6.07) is 2.18. The third kappa shape index (κ3) is 3.26. The van der Waals surface area contributed by atoms with Gasteiger partial charge in [-0.1, -0.05) is 19.8 Å². The molecule has 3 heteroatoms. The zero-order valence-electron chi connectivity index (χ0n) is 13.1. The first-order valence-corrected chi connectivity index (χ1v) is 7.61. The standard InChI is InChI=1S/C17H26O3/c1-5-6-7-8-19-16-10-14-9-12(2)20-11-15(14)17(18-4)13(16)3/h10,12H,5-9,11H2,1-4H3. The minimum atomic E-state index is 0.267. The molecule has 0 saturated heterocycles. The van der Waals surface area contributed by atoms with Crippen LogP contribution >= 0.6 is 0 Å². The number of ether oxygens (including phenoxy) is 3. The van der Waals surface area contributed by atoms with Crippen LogP contribution in [0.1, 0.15) is 49.8 Å². The molecule has 0 fully saturated rings. The molecular formula is C17H26O3. The first-order chi connectivity index (χ1) is 9.67. The summed E-state index contributed by atoms with van der Waals surface area (Å²) in [6.07, 6.45) is 4.73. The quantitative estimate of drug-likeness (QED) is 0.735. The van der Waals surface area contributed by atoms with Crippen LogP contribution in [0, 0.1) is 6.92 Å². The van der Waals surface area contributed by atoms with Gasteiger partial charge in [0.2, 0.25) is 0 Å². The number of benzene rings is 1. The highest BCUT2D eigenvalue weighted by Gasteiger charge is 2.23. The molecule has 2 rings (SSSR count). The lowest BCUT2D eigenvalue weighted by molar-refractivity contribution is 0.0394. The van der Waals surface area contributed by atoms with Gasteiger partial charge in [0.1, 0.15) is 11.5 Å². The summed E-state index contributed by atoms with van der Waals surface area (Å²) in [4.78, 5) is 0. The van der Waals surface area contributed by atoms with Gasteiger partial charge in [0.05, 0.1) is 26.4 Å². The fraction of sp³-hybridized carbons (Fsp3) is 0.647. The number of hydrogen-bond acceptors (Lipinski definition) is 3. The average Bonchev–Trinajstić information content (AvgIpc) is 2.44. The fourth-order valence-corrected chi connectivity index (χ4v) is 2.73. The topological polar surface area (TPSA) is 27.7 Å². The van der Waals surface area contributed by atoms with Gasteiger partial charge in [-0.3, -0.25) is 0 Å². The smallest absolute Gasteiger partial charge is 0.131 e. The van der Waals surface area contributed by atoms with Crippen LogP contribution in [-0.4, -0.2) is 19.8 Å². The normalized spacial score (nSPS) is 17.7. The van der Waals surface area contributed by atoms with E-state index in [-0.39, 0.29) is 6.10 Å². The second-order valence-corrected chi connectivity index (χ2v) is 5.55. The van der Waals surface area contributed by atoms with Crippen molar-refractivity contribution < 1.29 is 14.2 Å². The van der Waals surface area contributed by atoms with E-state index in [1.54, 1.807) is 7.11 Å². The summed E-state index contributed by atoms with van der Waals surface area (Å²) in [5.74, 6) is 1.89. The predicted molar refractivity (Wildman–Crippen MR) is 80.7 cm³/mol. The lowest BCUT2D eigenvalue weighted by Crippen LogP contribution is -2.20. The van der Waals surface area contributed by atoms with Crippen LogP contribution in [0.3, 0.4) is 0 Å². The zero-order valence-corrected chi connectivity index (χ0v) is 13.1. The number of fused-ring (bicyclic) bond motifs is 1. The predicted octanol–water partition coefficient (Wildman–Crippen LogP) is 4.03. The highest BCUT2D eigenvalue weighted by molar-refractivity contribution is 5.54. The lowest BCUT2D eigenvalue weighted by Gasteiger charge is -2.26. The Morgan fingerprint density at radius 2 is 2.15 bits per heavy atom. The number of methoxy groups -OCH3 is 1. The third-order valence-electron chi connectivity index (χ3n) is 3.91. The van der Waals surface area contributed by atoms with Crippen molar-refractivity contribution in [1.82, 2.24) is 0 Å². The molecule has 1 aliphatic heterocycles. The Kier molecular flexibility index (Phi) is 5.30. The average molecular weight is 278 g/mol. The Labute approximate surface area is 122 Å². The molecule has 1 atom stereocenters. The van der Waals surface area contributed by atoms with Crippen LogP contribution in [0.15, 0.2) is 6.07 Å². The SMILES string of the molecule is CCCCCOc1cc2c(c(OC)c1C)COC(C)C2. The molecule has 0 aliphatic carbocycles. The molecule has 0 aromatic heterocycles. The first kappa shape index (κ1) is 15.2. The van der Waals surface area contributed by atoms with E-state index in [4.69, 9.17) is 14.2 Å². The summed E-state index contributed by atoms with van der Waals surface area (Å²) in [5.41, 5.74) is 3.57. The monoisotopic (exact) mass is 278 g/mol. The molecule has 1 aromatic carbocycles. The molecule has 1 heterocycles. The van der Waals surface area contributed by atoms with Gasteiger partial charge >= 0.3 is 0 Å². The highest BCUT2D eigenvalue weighted by atomic mass is 16.5. The van der Waals surface area contributed by atoms with E-state index in [2.05, 4.69) is 26.8 Å². The van der Waals surface area contributed by atoms with Crippen LogP contribution in [0.2, 0.25) is 0 Å². The molecule has 0 bridgehead atoms. The maximum absolute atomic E-state index is 5.96. The lowest BCUT2D eigenvalue weighted by atomic mass is 9.95. The van der Waals surface area contributed by atoms with E-state index in [0.717, 1.165) is 36.5 Å². The van der Waals surface area contributed by atoms with E-state index in [0.29, 0.717) is 6.61 Å². The van der Waals surface area contributed by atoms with E-state index >= 15 is 0 Å². The molecule has 0 spiro atoms. The zero-order chi connectivity index (χ0) is 14.5. The second-order valence-electron chi connectivity index (χ2n) is 5.55. The van der Waals surface area contributed by atoms with Crippen molar-refractivity contribution in [3.05, 3.63) is 22.8 Å². The Morgan fingerprint density at radius 3 is 2.85 bits per heavy atom. The van der Waals surface area contributed by atoms with E-state index in [9.17, 15) is 0 Å². The van der Waals surface area contributed by atoms with Crippen molar-refractivity contribution in [3.8, 4) is 11.5 Å². The largest absolute Gasteiger partial charge is 0.496 e. The number of rotatable bonds is 6. The van der Waals surface area contributed by atoms with Gasteiger partial charge in [-0.05, 0) is 38.3 Å². The van der Waals surface area contributed by atoms with Gasteiger partial charge in [0, 0.05) is 11.1 Å². The Hall–Kier alpha value is -1.22. The van der Waals surface area contributed by atoms with E-state index in [1.165, 1.54) is 24.0 Å². The number of unbranched alkanes of at least 4 members (excludes halogenated alkanes) is 2. The van der Waals surface area contributed by atoms with E-state index < -0.39 is 0 Å². The minimum absolute atomic E-state index is 0.267. The summed E-state index contributed by atoms with van der Waals surface area (Å²) in [7, 11) is 1.72. The van der Waals surface area contributed by atoms with Gasteiger partial charge in [0.25, 0.3) is 0 Å². The molecule has 0 amide bonds. The molecule has 3 nitrogen and oxygen atoms in total. The molecular weight excluding hydrogens is 252 g/mol. The van der Waals surface area contributed by atoms with Crippen LogP contribution in [0.5, 0.6) is 11.5 Å². The van der Waals surface area contributed by atoms with Crippen molar-refractivity contribution in [1.29, 1.82) is 0 Å². The van der Waals surface area contributed by atoms with Crippen LogP contribution in [0.4, 0.5) is 0 Å². The minimum Gasteiger partial charge on any atom is -0.496 e. The molecule has 0 radical (unpaired) electrons. The molecule has 0 N–H and O–H groups in total. The van der Waals surface area contributed by atoms with Gasteiger partial charge in [-0.2, -0.15) is 0 Å². The van der Waals surface area contributed by atoms with E-state index in [1.807, 2.05) is 0 Å². The second kappa shape index (κ2) is 6.98. The first-order valence-electron chi connectivity index (χ1n) is 7.61. The van der Waals surface area contributed by atoms with Crippen molar-refractivity contribution in [3.63, 3.8) is 0 Å². The Bertz CT molecular complexity index is 454. The van der Waals surface area contributed by atoms with Crippen molar-refractivity contribution >= 4 is 0 Å². The number of hydrogen-bond donors (Lipinski definition) is 0. The maximum atomic E-state index is 5.96. The van der Waals surface area contributed by atoms with Gasteiger partial charge in [-0.15, -0.1) is 0 Å². The van der Waals surface area contributed by atoms with Crippen molar-refractivity contribution in [2.45, 2.75) is 59.2 Å². The van der Waals surface area contributed by atoms with Gasteiger partial charge < -0.3 is 14.2 Å². The summed E-state index contributed by atoms with van der Waals surface area (Å²) < 4.78 is 17.3. The third-order valence-corrected chi connectivity index (χ3v) is 3.91. The summed E-state index contributed by atoms with van der Waals surface area (Å²) in [5, 5.41) is 0. The molecule has 1 unspecified atom stereocenters. The summed E-state index contributed by atoms with van der Waals surface area (Å²) >= 11 is 0. The molecule has 1 aromatic rings. The Morgan fingerprint density at radius 1 is 1.35 bits per heavy atom. The van der Waals surface area contributed by atoms with Crippen LogP contribution in [0.25, 0.3) is 0 Å². The Balaban J connectivity index is 2.21. The van der Waals surface area contributed by atoms with Gasteiger partial charge in [0.15, 0.2) is 0 Å². The van der Waals surface area contributed by atoms with Gasteiger partial charge in [-0.25, -0.2) is 0 Å². The molecule has 1 aliphatic rings. The van der Waals surface area contributed by atoms with Crippen molar-refractivity contribution in [2.75, 3.05) is 13.7 Å². The van der Waals surface area contributed by atoms with Crippen LogP contribution in [-0.2, 0) is 17.8 Å². The van der Waals surface area contributed by atoms with Crippen LogP contribution < -0.4 is 9.47 Å². The summed E-state index contributed by atoms with van der Waals surface area (Å²) in [6.45, 7) is 7.79. The highest BCUT2D eigenvalue weighted by Crippen LogP contribution is 2.38. The maximum Gasteiger partial charge on any atom is 0.131 e. The van der Waals surface area contributed by atoms with Crippen molar-refractivity contribution in [2.24, 2.45) is 0 Å². The fourth-order valence-electron chi connectivity index (χ4n) is 2.73. The molecule has 0 saturated carbocycles.